The quantitative estimate of drug-likeness (QED) is 0.194. The van der Waals surface area contributed by atoms with Crippen LogP contribution in [0.5, 0.6) is 0 Å². The molecule has 0 aliphatic carbocycles. The molecule has 2 aromatic rings. The molecule has 244 valence electrons. The lowest BCUT2D eigenvalue weighted by atomic mass is 10.0. The molecule has 3 rings (SSSR count). The van der Waals surface area contributed by atoms with Crippen LogP contribution < -0.4 is 15.5 Å². The lowest BCUT2D eigenvalue weighted by Crippen LogP contribution is -2.45. The fraction of sp³-hybridized carbons (Fsp3) is 0.414. The van der Waals surface area contributed by atoms with Crippen LogP contribution >= 0.6 is 0 Å². The van der Waals surface area contributed by atoms with Crippen molar-refractivity contribution in [3.05, 3.63) is 65.2 Å². The summed E-state index contributed by atoms with van der Waals surface area (Å²) in [4.78, 5) is 27.3. The standard InChI is InChI=1S/C29H31F6N5O4S/c1-26(2,17-37-19-9-11-23(45(5,43)44)22(14-19)29(33,34)35)38-12-6-7-13-39-25(42)40(24(41)27(39,3)4)20-10-8-18(16-36)21(15-20)28(30,31)32/h6-11,14-15,37-38H,12-13,17H2,1-5H3. The Morgan fingerprint density at radius 3 is 2.13 bits per heavy atom. The van der Waals surface area contributed by atoms with Crippen molar-refractivity contribution in [2.24, 2.45) is 0 Å². The van der Waals surface area contributed by atoms with Crippen molar-refractivity contribution in [3.63, 3.8) is 0 Å². The van der Waals surface area contributed by atoms with Gasteiger partial charge in [-0.3, -0.25) is 4.79 Å². The lowest BCUT2D eigenvalue weighted by Gasteiger charge is -2.27. The van der Waals surface area contributed by atoms with Crippen LogP contribution in [-0.2, 0) is 27.0 Å². The molecule has 0 saturated carbocycles. The van der Waals surface area contributed by atoms with E-state index in [0.717, 1.165) is 24.3 Å². The molecule has 0 aromatic heterocycles. The second-order valence-electron chi connectivity index (χ2n) is 11.5. The number of sulfone groups is 1. The number of carbonyl (C=O) groups is 2. The molecule has 2 N–H and O–H groups in total. The highest BCUT2D eigenvalue weighted by Crippen LogP contribution is 2.38. The second-order valence-corrected chi connectivity index (χ2v) is 13.5. The molecule has 1 heterocycles. The van der Waals surface area contributed by atoms with E-state index in [1.165, 1.54) is 30.9 Å². The maximum Gasteiger partial charge on any atom is 0.417 e. The number of nitrogens with one attached hydrogen (secondary N) is 2. The Morgan fingerprint density at radius 1 is 0.956 bits per heavy atom. The summed E-state index contributed by atoms with van der Waals surface area (Å²) in [5, 5.41) is 15.1. The van der Waals surface area contributed by atoms with E-state index in [2.05, 4.69) is 10.6 Å². The van der Waals surface area contributed by atoms with Crippen LogP contribution in [0.1, 0.15) is 44.4 Å². The Bertz CT molecular complexity index is 1660. The summed E-state index contributed by atoms with van der Waals surface area (Å²) in [6.07, 6.45) is -5.84. The van der Waals surface area contributed by atoms with Crippen molar-refractivity contribution in [1.29, 1.82) is 5.26 Å². The van der Waals surface area contributed by atoms with Gasteiger partial charge < -0.3 is 15.5 Å². The van der Waals surface area contributed by atoms with E-state index in [1.807, 2.05) is 0 Å². The molecule has 1 aliphatic heterocycles. The molecule has 2 aromatic carbocycles. The van der Waals surface area contributed by atoms with Crippen molar-refractivity contribution in [1.82, 2.24) is 10.2 Å². The van der Waals surface area contributed by atoms with Crippen molar-refractivity contribution in [2.45, 2.75) is 56.0 Å². The predicted molar refractivity (Wildman–Crippen MR) is 154 cm³/mol. The number of urea groups is 1. The normalized spacial score (nSPS) is 16.0. The van der Waals surface area contributed by atoms with Crippen molar-refractivity contribution >= 4 is 33.2 Å². The first-order valence-electron chi connectivity index (χ1n) is 13.3. The summed E-state index contributed by atoms with van der Waals surface area (Å²) in [6, 6.07) is 6.06. The van der Waals surface area contributed by atoms with E-state index in [9.17, 15) is 44.3 Å². The highest BCUT2D eigenvalue weighted by molar-refractivity contribution is 7.90. The molecule has 9 nitrogen and oxygen atoms in total. The molecule has 0 radical (unpaired) electrons. The Balaban J connectivity index is 1.65. The fourth-order valence-electron chi connectivity index (χ4n) is 4.54. The molecular formula is C29H31F6N5O4S. The summed E-state index contributed by atoms with van der Waals surface area (Å²) in [5.74, 6) is -0.748. The van der Waals surface area contributed by atoms with Gasteiger partial charge in [0.2, 0.25) is 0 Å². The topological polar surface area (TPSA) is 123 Å². The number of amides is 3. The van der Waals surface area contributed by atoms with Gasteiger partial charge in [-0.15, -0.1) is 0 Å². The number of nitriles is 1. The fourth-order valence-corrected chi connectivity index (χ4v) is 5.43. The van der Waals surface area contributed by atoms with Gasteiger partial charge in [0.25, 0.3) is 5.91 Å². The van der Waals surface area contributed by atoms with E-state index in [0.29, 0.717) is 17.2 Å². The second kappa shape index (κ2) is 12.4. The Morgan fingerprint density at radius 2 is 1.58 bits per heavy atom. The Kier molecular flexibility index (Phi) is 9.72. The summed E-state index contributed by atoms with van der Waals surface area (Å²) in [6.45, 7) is 6.75. The average molecular weight is 660 g/mol. The lowest BCUT2D eigenvalue weighted by molar-refractivity contribution is -0.140. The minimum Gasteiger partial charge on any atom is -0.383 e. The van der Waals surface area contributed by atoms with E-state index in [1.54, 1.807) is 26.0 Å². The highest BCUT2D eigenvalue weighted by Gasteiger charge is 2.51. The monoisotopic (exact) mass is 659 g/mol. The van der Waals surface area contributed by atoms with Crippen molar-refractivity contribution in [2.75, 3.05) is 36.1 Å². The minimum absolute atomic E-state index is 0.0637. The number of hydrogen-bond donors (Lipinski definition) is 2. The van der Waals surface area contributed by atoms with E-state index < -0.39 is 66.8 Å². The van der Waals surface area contributed by atoms with Crippen molar-refractivity contribution < 1.29 is 44.3 Å². The number of anilines is 2. The zero-order valence-corrected chi connectivity index (χ0v) is 25.7. The third kappa shape index (κ3) is 7.95. The van der Waals surface area contributed by atoms with Gasteiger partial charge in [0.15, 0.2) is 9.84 Å². The molecule has 0 spiro atoms. The first-order valence-corrected chi connectivity index (χ1v) is 15.2. The number of imide groups is 1. The molecule has 45 heavy (non-hydrogen) atoms. The smallest absolute Gasteiger partial charge is 0.383 e. The van der Waals surface area contributed by atoms with Crippen LogP contribution in [0.4, 0.5) is 42.5 Å². The molecule has 1 fully saturated rings. The zero-order chi connectivity index (χ0) is 34.2. The number of nitrogens with zero attached hydrogens (tertiary/aromatic N) is 3. The molecule has 3 amide bonds. The van der Waals surface area contributed by atoms with E-state index >= 15 is 0 Å². The van der Waals surface area contributed by atoms with Gasteiger partial charge in [-0.05, 0) is 64.1 Å². The Labute approximate surface area is 256 Å². The van der Waals surface area contributed by atoms with Crippen LogP contribution in [0.25, 0.3) is 0 Å². The number of carbonyl (C=O) groups excluding carboxylic acids is 2. The van der Waals surface area contributed by atoms with Crippen LogP contribution in [0.3, 0.4) is 0 Å². The molecular weight excluding hydrogens is 628 g/mol. The highest BCUT2D eigenvalue weighted by atomic mass is 32.2. The summed E-state index contributed by atoms with van der Waals surface area (Å²) in [7, 11) is -4.11. The number of benzene rings is 2. The molecule has 16 heteroatoms. The average Bonchev–Trinajstić information content (AvgIpc) is 3.08. The third-order valence-corrected chi connectivity index (χ3v) is 8.24. The van der Waals surface area contributed by atoms with Gasteiger partial charge in [-0.25, -0.2) is 18.1 Å². The van der Waals surface area contributed by atoms with E-state index in [4.69, 9.17) is 5.26 Å². The van der Waals surface area contributed by atoms with Gasteiger partial charge in [-0.1, -0.05) is 12.2 Å². The largest absolute Gasteiger partial charge is 0.417 e. The van der Waals surface area contributed by atoms with Crippen LogP contribution in [0.15, 0.2) is 53.4 Å². The third-order valence-electron chi connectivity index (χ3n) is 7.08. The van der Waals surface area contributed by atoms with Crippen LogP contribution in [0.2, 0.25) is 0 Å². The van der Waals surface area contributed by atoms with Crippen molar-refractivity contribution in [3.8, 4) is 6.07 Å². The predicted octanol–water partition coefficient (Wildman–Crippen LogP) is 5.58. The molecule has 0 unspecified atom stereocenters. The summed E-state index contributed by atoms with van der Waals surface area (Å²) >= 11 is 0. The molecule has 0 atom stereocenters. The summed E-state index contributed by atoms with van der Waals surface area (Å²) < 4.78 is 104. The van der Waals surface area contributed by atoms with Gasteiger partial charge in [0.05, 0.1) is 33.3 Å². The first kappa shape index (κ1) is 35.4. The molecule has 0 bridgehead atoms. The maximum absolute atomic E-state index is 13.5. The number of hydrogen-bond acceptors (Lipinski definition) is 7. The number of alkyl halides is 6. The number of halogens is 6. The van der Waals surface area contributed by atoms with Gasteiger partial charge in [0, 0.05) is 37.1 Å². The molecule has 1 aliphatic rings. The first-order chi connectivity index (χ1) is 20.5. The SMILES string of the molecule is CC(C)(CNc1ccc(S(C)(=O)=O)c(C(F)(F)F)c1)NCC=CCN1C(=O)N(c2ccc(C#N)c(C(F)(F)F)c2)C(=O)C1(C)C. The maximum atomic E-state index is 13.5. The zero-order valence-electron chi connectivity index (χ0n) is 24.9. The summed E-state index contributed by atoms with van der Waals surface area (Å²) in [5.41, 5.74) is -5.53. The van der Waals surface area contributed by atoms with E-state index in [-0.39, 0.29) is 31.0 Å². The Hall–Kier alpha value is -4.10. The van der Waals surface area contributed by atoms with Gasteiger partial charge in [-0.2, -0.15) is 31.6 Å². The van der Waals surface area contributed by atoms with Gasteiger partial charge >= 0.3 is 18.4 Å². The number of rotatable bonds is 10. The molecule has 1 saturated heterocycles. The van der Waals surface area contributed by atoms with Gasteiger partial charge in [0.1, 0.15) is 5.54 Å². The van der Waals surface area contributed by atoms with Crippen LogP contribution in [0, 0.1) is 11.3 Å². The minimum atomic E-state index is -4.88. The van der Waals surface area contributed by atoms with Crippen LogP contribution in [-0.4, -0.2) is 62.2 Å².